The molecule has 0 saturated heterocycles. The van der Waals surface area contributed by atoms with Crippen molar-refractivity contribution in [2.45, 2.75) is 27.2 Å². The first-order valence-electron chi connectivity index (χ1n) is 5.29. The molecule has 88 valence electrons. The lowest BCUT2D eigenvalue weighted by atomic mass is 9.90. The molecule has 0 fully saturated rings. The van der Waals surface area contributed by atoms with Crippen LogP contribution in [0.25, 0.3) is 0 Å². The molecule has 1 heterocycles. The molecule has 1 rings (SSSR count). The molecule has 0 unspecified atom stereocenters. The Morgan fingerprint density at radius 3 is 2.62 bits per heavy atom. The van der Waals surface area contributed by atoms with Gasteiger partial charge in [-0.2, -0.15) is 0 Å². The summed E-state index contributed by atoms with van der Waals surface area (Å²) in [5, 5.41) is 13.6. The van der Waals surface area contributed by atoms with E-state index in [1.54, 1.807) is 6.07 Å². The highest BCUT2D eigenvalue weighted by atomic mass is 16.6. The first-order valence-corrected chi connectivity index (χ1v) is 5.29. The number of pyridine rings is 1. The Balaban J connectivity index is 2.59. The first-order chi connectivity index (χ1) is 7.44. The zero-order valence-electron chi connectivity index (χ0n) is 9.86. The predicted octanol–water partition coefficient (Wildman–Crippen LogP) is 2.84. The molecule has 5 nitrogen and oxygen atoms in total. The second-order valence-electron chi connectivity index (χ2n) is 4.53. The lowest BCUT2D eigenvalue weighted by molar-refractivity contribution is -0.389. The monoisotopic (exact) mass is 223 g/mol. The van der Waals surface area contributed by atoms with Crippen molar-refractivity contribution in [3.05, 3.63) is 28.4 Å². The van der Waals surface area contributed by atoms with E-state index < -0.39 is 4.92 Å². The Kier molecular flexibility index (Phi) is 3.82. The fourth-order valence-corrected chi connectivity index (χ4v) is 1.06. The van der Waals surface area contributed by atoms with E-state index in [4.69, 9.17) is 0 Å². The average molecular weight is 223 g/mol. The van der Waals surface area contributed by atoms with Crippen molar-refractivity contribution in [2.24, 2.45) is 5.41 Å². The van der Waals surface area contributed by atoms with E-state index >= 15 is 0 Å². The zero-order valence-corrected chi connectivity index (χ0v) is 9.86. The van der Waals surface area contributed by atoms with Crippen LogP contribution in [0.2, 0.25) is 0 Å². The third-order valence-electron chi connectivity index (χ3n) is 2.66. The van der Waals surface area contributed by atoms with Crippen LogP contribution in [0.5, 0.6) is 0 Å². The summed E-state index contributed by atoms with van der Waals surface area (Å²) < 4.78 is 0. The summed E-state index contributed by atoms with van der Waals surface area (Å²) >= 11 is 0. The Morgan fingerprint density at radius 2 is 2.19 bits per heavy atom. The molecule has 5 heteroatoms. The van der Waals surface area contributed by atoms with Gasteiger partial charge in [0.15, 0.2) is 6.20 Å². The smallest absolute Gasteiger partial charge is 0.363 e. The molecule has 0 atom stereocenters. The number of rotatable bonds is 5. The van der Waals surface area contributed by atoms with Gasteiger partial charge < -0.3 is 15.4 Å². The Hall–Kier alpha value is -1.65. The maximum Gasteiger partial charge on any atom is 0.363 e. The van der Waals surface area contributed by atoms with Crippen LogP contribution in [0, 0.1) is 15.5 Å². The molecular weight excluding hydrogens is 206 g/mol. The Morgan fingerprint density at radius 1 is 1.50 bits per heavy atom. The van der Waals surface area contributed by atoms with Crippen LogP contribution in [0.3, 0.4) is 0 Å². The quantitative estimate of drug-likeness (QED) is 0.615. The predicted molar refractivity (Wildman–Crippen MR) is 63.5 cm³/mol. The lowest BCUT2D eigenvalue weighted by Crippen LogP contribution is -2.22. The summed E-state index contributed by atoms with van der Waals surface area (Å²) in [5.41, 5.74) is 1.02. The number of nitro groups is 1. The molecule has 0 amide bonds. The summed E-state index contributed by atoms with van der Waals surface area (Å²) in [6, 6.07) is 3.08. The van der Waals surface area contributed by atoms with Crippen LogP contribution in [0.4, 0.5) is 11.5 Å². The van der Waals surface area contributed by atoms with Crippen LogP contribution >= 0.6 is 0 Å². The molecule has 0 aromatic carbocycles. The van der Waals surface area contributed by atoms with Gasteiger partial charge in [0.2, 0.25) is 0 Å². The van der Waals surface area contributed by atoms with E-state index in [0.29, 0.717) is 0 Å². The minimum absolute atomic E-state index is 0.125. The Labute approximate surface area is 95.0 Å². The third kappa shape index (κ3) is 3.49. The SMILES string of the molecule is CCC(C)(C)CNc1ccc([N+](=O)[O-])nc1. The van der Waals surface area contributed by atoms with Crippen molar-refractivity contribution in [1.82, 2.24) is 4.98 Å². The largest absolute Gasteiger partial charge is 0.381 e. The van der Waals surface area contributed by atoms with E-state index in [-0.39, 0.29) is 11.2 Å². The minimum Gasteiger partial charge on any atom is -0.381 e. The molecular formula is C11H17N3O2. The number of nitrogens with zero attached hydrogens (tertiary/aromatic N) is 2. The van der Waals surface area contributed by atoms with Crippen LogP contribution in [-0.4, -0.2) is 16.5 Å². The number of aromatic nitrogens is 1. The zero-order chi connectivity index (χ0) is 12.2. The molecule has 1 aromatic heterocycles. The van der Waals surface area contributed by atoms with Gasteiger partial charge in [-0.3, -0.25) is 0 Å². The van der Waals surface area contributed by atoms with Gasteiger partial charge in [-0.25, -0.2) is 0 Å². The number of anilines is 1. The van der Waals surface area contributed by atoms with Crippen LogP contribution in [0.15, 0.2) is 18.3 Å². The molecule has 1 N–H and O–H groups in total. The van der Waals surface area contributed by atoms with Gasteiger partial charge in [0.1, 0.15) is 0 Å². The second-order valence-corrected chi connectivity index (χ2v) is 4.53. The van der Waals surface area contributed by atoms with E-state index in [1.165, 1.54) is 12.3 Å². The summed E-state index contributed by atoms with van der Waals surface area (Å²) in [7, 11) is 0. The summed E-state index contributed by atoms with van der Waals surface area (Å²) in [5.74, 6) is -0.125. The van der Waals surface area contributed by atoms with Gasteiger partial charge >= 0.3 is 5.82 Å². The van der Waals surface area contributed by atoms with Crippen molar-refractivity contribution >= 4 is 11.5 Å². The molecule has 0 spiro atoms. The topological polar surface area (TPSA) is 68.1 Å². The van der Waals surface area contributed by atoms with Crippen molar-refractivity contribution in [3.8, 4) is 0 Å². The second kappa shape index (κ2) is 4.92. The van der Waals surface area contributed by atoms with Crippen molar-refractivity contribution in [3.63, 3.8) is 0 Å². The molecule has 16 heavy (non-hydrogen) atoms. The first kappa shape index (κ1) is 12.4. The van der Waals surface area contributed by atoms with Crippen molar-refractivity contribution in [2.75, 3.05) is 11.9 Å². The number of hydrogen-bond donors (Lipinski definition) is 1. The third-order valence-corrected chi connectivity index (χ3v) is 2.66. The van der Waals surface area contributed by atoms with Gasteiger partial charge in [0.05, 0.1) is 5.69 Å². The number of nitrogens with one attached hydrogen (secondary N) is 1. The highest BCUT2D eigenvalue weighted by molar-refractivity contribution is 5.43. The lowest BCUT2D eigenvalue weighted by Gasteiger charge is -2.23. The van der Waals surface area contributed by atoms with Gasteiger partial charge in [0.25, 0.3) is 0 Å². The maximum absolute atomic E-state index is 10.4. The maximum atomic E-state index is 10.4. The van der Waals surface area contributed by atoms with Gasteiger partial charge in [-0.1, -0.05) is 20.8 Å². The van der Waals surface area contributed by atoms with E-state index in [9.17, 15) is 10.1 Å². The van der Waals surface area contributed by atoms with Crippen molar-refractivity contribution < 1.29 is 4.92 Å². The van der Waals surface area contributed by atoms with Crippen LogP contribution in [-0.2, 0) is 0 Å². The molecule has 0 aliphatic heterocycles. The van der Waals surface area contributed by atoms with Crippen LogP contribution < -0.4 is 5.32 Å². The summed E-state index contributed by atoms with van der Waals surface area (Å²) in [6.45, 7) is 7.29. The van der Waals surface area contributed by atoms with Crippen LogP contribution in [0.1, 0.15) is 27.2 Å². The molecule has 0 saturated carbocycles. The van der Waals surface area contributed by atoms with E-state index in [0.717, 1.165) is 18.7 Å². The summed E-state index contributed by atoms with van der Waals surface area (Å²) in [4.78, 5) is 13.6. The number of hydrogen-bond acceptors (Lipinski definition) is 4. The molecule has 0 bridgehead atoms. The average Bonchev–Trinajstić information content (AvgIpc) is 2.27. The van der Waals surface area contributed by atoms with E-state index in [2.05, 4.69) is 31.1 Å². The normalized spacial score (nSPS) is 11.2. The molecule has 0 aliphatic carbocycles. The fourth-order valence-electron chi connectivity index (χ4n) is 1.06. The Bertz CT molecular complexity index is 360. The highest BCUT2D eigenvalue weighted by Crippen LogP contribution is 2.20. The van der Waals surface area contributed by atoms with Gasteiger partial charge in [0, 0.05) is 12.6 Å². The molecule has 1 aromatic rings. The summed E-state index contributed by atoms with van der Waals surface area (Å²) in [6.07, 6.45) is 2.56. The fraction of sp³-hybridized carbons (Fsp3) is 0.545. The standard InChI is InChI=1S/C11H17N3O2/c1-4-11(2,3)8-13-9-5-6-10(12-7-9)14(15)16/h5-7,13H,4,8H2,1-3H3. The molecule has 0 aliphatic rings. The van der Waals surface area contributed by atoms with E-state index in [1.807, 2.05) is 0 Å². The highest BCUT2D eigenvalue weighted by Gasteiger charge is 2.15. The van der Waals surface area contributed by atoms with Gasteiger partial charge in [-0.05, 0) is 27.8 Å². The van der Waals surface area contributed by atoms with Crippen molar-refractivity contribution in [1.29, 1.82) is 0 Å². The van der Waals surface area contributed by atoms with Gasteiger partial charge in [-0.15, -0.1) is 0 Å². The molecule has 0 radical (unpaired) electrons. The minimum atomic E-state index is -0.500.